The first-order valence-corrected chi connectivity index (χ1v) is 8.26. The molecule has 120 valence electrons. The Morgan fingerprint density at radius 1 is 1.22 bits per heavy atom. The van der Waals surface area contributed by atoms with Gasteiger partial charge in [-0.25, -0.2) is 4.68 Å². The fourth-order valence-electron chi connectivity index (χ4n) is 3.06. The van der Waals surface area contributed by atoms with Gasteiger partial charge in [0.1, 0.15) is 0 Å². The van der Waals surface area contributed by atoms with Gasteiger partial charge in [-0.15, -0.1) is 0 Å². The molecule has 0 radical (unpaired) electrons. The molecule has 1 saturated carbocycles. The van der Waals surface area contributed by atoms with Crippen LogP contribution < -0.4 is 0 Å². The molecule has 4 rings (SSSR count). The molecule has 1 aromatic heterocycles. The van der Waals surface area contributed by atoms with Crippen LogP contribution in [-0.4, -0.2) is 46.9 Å². The number of rotatable bonds is 3. The molecule has 1 aromatic carbocycles. The van der Waals surface area contributed by atoms with Crippen LogP contribution in [0.2, 0.25) is 0 Å². The highest BCUT2D eigenvalue weighted by Crippen LogP contribution is 2.41. The summed E-state index contributed by atoms with van der Waals surface area (Å²) in [5, 5.41) is 4.64. The number of hydrogen-bond donors (Lipinski definition) is 0. The van der Waals surface area contributed by atoms with Gasteiger partial charge in [-0.2, -0.15) is 5.10 Å². The second-order valence-corrected chi connectivity index (χ2v) is 6.38. The van der Waals surface area contributed by atoms with Crippen molar-refractivity contribution >= 4 is 5.91 Å². The molecule has 1 amide bonds. The lowest BCUT2D eigenvalue weighted by atomic mass is 10.2. The second kappa shape index (κ2) is 5.81. The minimum atomic E-state index is 0.0154. The molecule has 1 aliphatic carbocycles. The molecule has 2 aromatic rings. The maximum absolute atomic E-state index is 12.7. The monoisotopic (exact) mass is 311 g/mol. The zero-order chi connectivity index (χ0) is 15.8. The van der Waals surface area contributed by atoms with Crippen molar-refractivity contribution in [2.75, 3.05) is 26.3 Å². The average molecular weight is 311 g/mol. The molecule has 0 N–H and O–H groups in total. The van der Waals surface area contributed by atoms with E-state index >= 15 is 0 Å². The zero-order valence-electron chi connectivity index (χ0n) is 13.4. The third-order valence-electron chi connectivity index (χ3n) is 4.50. The fourth-order valence-corrected chi connectivity index (χ4v) is 3.06. The van der Waals surface area contributed by atoms with E-state index in [0.29, 0.717) is 37.9 Å². The first kappa shape index (κ1) is 14.5. The van der Waals surface area contributed by atoms with Crippen LogP contribution in [0.5, 0.6) is 0 Å². The topological polar surface area (TPSA) is 47.4 Å². The minimum absolute atomic E-state index is 0.0154. The lowest BCUT2D eigenvalue weighted by Gasteiger charge is -2.25. The van der Waals surface area contributed by atoms with Gasteiger partial charge in [0, 0.05) is 24.7 Å². The van der Waals surface area contributed by atoms with E-state index in [0.717, 1.165) is 11.4 Å². The van der Waals surface area contributed by atoms with E-state index in [2.05, 4.69) is 30.2 Å². The SMILES string of the molecule is Cc1cccc(-n2nc(C(=O)N3CCOCC3)cc2C2CC2)c1. The Hall–Kier alpha value is -2.14. The Morgan fingerprint density at radius 3 is 2.70 bits per heavy atom. The molecule has 1 saturated heterocycles. The average Bonchev–Trinajstić information content (AvgIpc) is 3.33. The second-order valence-electron chi connectivity index (χ2n) is 6.38. The number of morpholine rings is 1. The number of aryl methyl sites for hydroxylation is 1. The summed E-state index contributed by atoms with van der Waals surface area (Å²) < 4.78 is 7.28. The largest absolute Gasteiger partial charge is 0.378 e. The first-order valence-electron chi connectivity index (χ1n) is 8.26. The van der Waals surface area contributed by atoms with Crippen molar-refractivity contribution < 1.29 is 9.53 Å². The summed E-state index contributed by atoms with van der Waals surface area (Å²) in [5.41, 5.74) is 3.94. The summed E-state index contributed by atoms with van der Waals surface area (Å²) in [6.07, 6.45) is 2.37. The highest BCUT2D eigenvalue weighted by molar-refractivity contribution is 5.92. The Labute approximate surface area is 135 Å². The third-order valence-corrected chi connectivity index (χ3v) is 4.50. The predicted molar refractivity (Wildman–Crippen MR) is 87.0 cm³/mol. The predicted octanol–water partition coefficient (Wildman–Crippen LogP) is 2.53. The van der Waals surface area contributed by atoms with Crippen LogP contribution >= 0.6 is 0 Å². The lowest BCUT2D eigenvalue weighted by Crippen LogP contribution is -2.40. The third kappa shape index (κ3) is 2.88. The lowest BCUT2D eigenvalue weighted by molar-refractivity contribution is 0.0298. The molecule has 1 aliphatic heterocycles. The maximum atomic E-state index is 12.7. The molecule has 0 atom stereocenters. The molecular formula is C18H21N3O2. The van der Waals surface area contributed by atoms with Crippen LogP contribution in [0.15, 0.2) is 30.3 Å². The van der Waals surface area contributed by atoms with Crippen molar-refractivity contribution in [2.45, 2.75) is 25.7 Å². The van der Waals surface area contributed by atoms with Crippen molar-refractivity contribution in [3.63, 3.8) is 0 Å². The van der Waals surface area contributed by atoms with Gasteiger partial charge in [-0.05, 0) is 43.5 Å². The molecule has 23 heavy (non-hydrogen) atoms. The van der Waals surface area contributed by atoms with Crippen molar-refractivity contribution in [2.24, 2.45) is 0 Å². The molecule has 0 unspecified atom stereocenters. The summed E-state index contributed by atoms with van der Waals surface area (Å²) >= 11 is 0. The quantitative estimate of drug-likeness (QED) is 0.875. The Balaban J connectivity index is 1.69. The highest BCUT2D eigenvalue weighted by atomic mass is 16.5. The Bertz CT molecular complexity index is 728. The van der Waals surface area contributed by atoms with E-state index in [9.17, 15) is 4.79 Å². The molecule has 2 fully saturated rings. The van der Waals surface area contributed by atoms with Crippen LogP contribution in [0, 0.1) is 6.92 Å². The van der Waals surface area contributed by atoms with E-state index in [1.165, 1.54) is 18.4 Å². The minimum Gasteiger partial charge on any atom is -0.378 e. The van der Waals surface area contributed by atoms with Crippen LogP contribution in [0.25, 0.3) is 5.69 Å². The molecule has 5 heteroatoms. The molecule has 2 aliphatic rings. The highest BCUT2D eigenvalue weighted by Gasteiger charge is 2.31. The van der Waals surface area contributed by atoms with Gasteiger partial charge in [0.15, 0.2) is 5.69 Å². The van der Waals surface area contributed by atoms with E-state index in [1.807, 2.05) is 21.7 Å². The number of nitrogens with zero attached hydrogens (tertiary/aromatic N) is 3. The van der Waals surface area contributed by atoms with E-state index < -0.39 is 0 Å². The van der Waals surface area contributed by atoms with Gasteiger partial charge in [-0.3, -0.25) is 4.79 Å². The molecular weight excluding hydrogens is 290 g/mol. The van der Waals surface area contributed by atoms with Crippen molar-refractivity contribution in [3.8, 4) is 5.69 Å². The summed E-state index contributed by atoms with van der Waals surface area (Å²) in [4.78, 5) is 14.5. The van der Waals surface area contributed by atoms with Crippen molar-refractivity contribution in [1.29, 1.82) is 0 Å². The van der Waals surface area contributed by atoms with Crippen LogP contribution in [0.4, 0.5) is 0 Å². The van der Waals surface area contributed by atoms with Crippen LogP contribution in [-0.2, 0) is 4.74 Å². The molecule has 2 heterocycles. The summed E-state index contributed by atoms with van der Waals surface area (Å²) in [7, 11) is 0. The van der Waals surface area contributed by atoms with E-state index in [-0.39, 0.29) is 5.91 Å². The fraction of sp³-hybridized carbons (Fsp3) is 0.444. The number of carbonyl (C=O) groups excluding carboxylic acids is 1. The first-order chi connectivity index (χ1) is 11.2. The summed E-state index contributed by atoms with van der Waals surface area (Å²) in [5.74, 6) is 0.552. The smallest absolute Gasteiger partial charge is 0.274 e. The van der Waals surface area contributed by atoms with Crippen molar-refractivity contribution in [1.82, 2.24) is 14.7 Å². The number of carbonyl (C=O) groups is 1. The summed E-state index contributed by atoms with van der Waals surface area (Å²) in [6.45, 7) is 4.59. The van der Waals surface area contributed by atoms with Crippen LogP contribution in [0.3, 0.4) is 0 Å². The number of hydrogen-bond acceptors (Lipinski definition) is 3. The van der Waals surface area contributed by atoms with Gasteiger partial charge in [0.05, 0.1) is 18.9 Å². The summed E-state index contributed by atoms with van der Waals surface area (Å²) in [6, 6.07) is 10.3. The van der Waals surface area contributed by atoms with Gasteiger partial charge in [0.25, 0.3) is 5.91 Å². The van der Waals surface area contributed by atoms with Gasteiger partial charge in [0.2, 0.25) is 0 Å². The van der Waals surface area contributed by atoms with E-state index in [1.54, 1.807) is 0 Å². The number of benzene rings is 1. The number of aromatic nitrogens is 2. The van der Waals surface area contributed by atoms with E-state index in [4.69, 9.17) is 4.74 Å². The Kier molecular flexibility index (Phi) is 3.65. The number of amides is 1. The normalized spacial score (nSPS) is 18.2. The van der Waals surface area contributed by atoms with Gasteiger partial charge in [-0.1, -0.05) is 12.1 Å². The Morgan fingerprint density at radius 2 is 2.00 bits per heavy atom. The maximum Gasteiger partial charge on any atom is 0.274 e. The van der Waals surface area contributed by atoms with Crippen LogP contribution in [0.1, 0.15) is 40.5 Å². The van der Waals surface area contributed by atoms with Gasteiger partial charge < -0.3 is 9.64 Å². The standard InChI is InChI=1S/C18H21N3O2/c1-13-3-2-4-15(11-13)21-17(14-5-6-14)12-16(19-21)18(22)20-7-9-23-10-8-20/h2-4,11-12,14H,5-10H2,1H3. The molecule has 5 nitrogen and oxygen atoms in total. The molecule has 0 spiro atoms. The van der Waals surface area contributed by atoms with Gasteiger partial charge >= 0.3 is 0 Å². The zero-order valence-corrected chi connectivity index (χ0v) is 13.4. The molecule has 0 bridgehead atoms. The van der Waals surface area contributed by atoms with Crippen molar-refractivity contribution in [3.05, 3.63) is 47.3 Å². The number of ether oxygens (including phenoxy) is 1.